The Morgan fingerprint density at radius 3 is 3.08 bits per heavy atom. The van der Waals surface area contributed by atoms with Crippen molar-refractivity contribution in [2.24, 2.45) is 0 Å². The molecule has 0 atom stereocenters. The van der Waals surface area contributed by atoms with Gasteiger partial charge in [0.1, 0.15) is 5.65 Å². The van der Waals surface area contributed by atoms with E-state index in [4.69, 9.17) is 4.74 Å². The van der Waals surface area contributed by atoms with Gasteiger partial charge < -0.3 is 4.74 Å². The Balaban J connectivity index is 2.80. The fraction of sp³-hybridized carbons (Fsp3) is 0.125. The first-order valence-corrected chi connectivity index (χ1v) is 4.56. The maximum atomic E-state index is 5.18. The van der Waals surface area contributed by atoms with E-state index in [0.29, 0.717) is 0 Å². The highest BCUT2D eigenvalue weighted by atomic mass is 127. The second-order valence-corrected chi connectivity index (χ2v) is 3.62. The van der Waals surface area contributed by atoms with Gasteiger partial charge in [0, 0.05) is 22.0 Å². The van der Waals surface area contributed by atoms with Crippen LogP contribution < -0.4 is 4.74 Å². The zero-order chi connectivity index (χ0) is 8.55. The smallest absolute Gasteiger partial charge is 0.200 e. The van der Waals surface area contributed by atoms with Crippen molar-refractivity contribution in [2.75, 3.05) is 7.11 Å². The van der Waals surface area contributed by atoms with Gasteiger partial charge in [0.25, 0.3) is 0 Å². The van der Waals surface area contributed by atoms with E-state index in [0.717, 1.165) is 15.1 Å². The van der Waals surface area contributed by atoms with Crippen LogP contribution in [0.25, 0.3) is 5.65 Å². The molecule has 0 fully saturated rings. The molecule has 0 aliphatic rings. The first-order chi connectivity index (χ1) is 5.81. The van der Waals surface area contributed by atoms with Crippen molar-refractivity contribution in [3.8, 4) is 5.88 Å². The van der Waals surface area contributed by atoms with Gasteiger partial charge in [0.15, 0.2) is 5.88 Å². The molecule has 0 aromatic carbocycles. The molecule has 0 aliphatic carbocycles. The molecule has 0 bridgehead atoms. The van der Waals surface area contributed by atoms with Gasteiger partial charge in [0.05, 0.1) is 7.11 Å². The van der Waals surface area contributed by atoms with Gasteiger partial charge in [-0.25, -0.2) is 4.98 Å². The lowest BCUT2D eigenvalue weighted by molar-refractivity contribution is 0.392. The molecule has 0 spiro atoms. The summed E-state index contributed by atoms with van der Waals surface area (Å²) >= 11 is 2.24. The summed E-state index contributed by atoms with van der Waals surface area (Å²) < 4.78 is 8.22. The van der Waals surface area contributed by atoms with Gasteiger partial charge in [-0.15, -0.1) is 0 Å². The van der Waals surface area contributed by atoms with Crippen LogP contribution in [-0.2, 0) is 0 Å². The number of hydrogen-bond donors (Lipinski definition) is 0. The normalized spacial score (nSPS) is 10.5. The van der Waals surface area contributed by atoms with Crippen LogP contribution in [0.4, 0.5) is 0 Å². The number of nitrogens with zero attached hydrogens (tertiary/aromatic N) is 2. The van der Waals surface area contributed by atoms with Gasteiger partial charge in [0.2, 0.25) is 0 Å². The minimum atomic E-state index is 0.814. The summed E-state index contributed by atoms with van der Waals surface area (Å²) in [6.07, 6.45) is 3.64. The monoisotopic (exact) mass is 274 g/mol. The molecule has 0 aliphatic heterocycles. The summed E-state index contributed by atoms with van der Waals surface area (Å²) in [5.74, 6) is 0.814. The Kier molecular flexibility index (Phi) is 1.92. The predicted molar refractivity (Wildman–Crippen MR) is 54.5 cm³/mol. The Labute approximate surface area is 83.5 Å². The van der Waals surface area contributed by atoms with Crippen molar-refractivity contribution in [3.05, 3.63) is 28.1 Å². The number of methoxy groups -OCH3 is 1. The number of fused-ring (bicyclic) bond motifs is 1. The van der Waals surface area contributed by atoms with Crippen LogP contribution in [0.1, 0.15) is 0 Å². The number of rotatable bonds is 1. The molecule has 0 amide bonds. The Morgan fingerprint density at radius 2 is 2.33 bits per heavy atom. The number of hydrogen-bond acceptors (Lipinski definition) is 2. The lowest BCUT2D eigenvalue weighted by Gasteiger charge is -2.03. The first kappa shape index (κ1) is 7.85. The fourth-order valence-electron chi connectivity index (χ4n) is 1.12. The van der Waals surface area contributed by atoms with Crippen LogP contribution in [0.15, 0.2) is 24.5 Å². The summed E-state index contributed by atoms with van der Waals surface area (Å²) in [5, 5.41) is 0. The summed E-state index contributed by atoms with van der Waals surface area (Å²) in [6.45, 7) is 0. The SMILES string of the molecule is COc1cc(I)cc2nccn12. The van der Waals surface area contributed by atoms with Crippen LogP contribution in [-0.4, -0.2) is 16.5 Å². The van der Waals surface area contributed by atoms with E-state index in [1.54, 1.807) is 13.3 Å². The van der Waals surface area contributed by atoms with E-state index < -0.39 is 0 Å². The third-order valence-corrected chi connectivity index (χ3v) is 2.27. The highest BCUT2D eigenvalue weighted by Crippen LogP contribution is 2.17. The lowest BCUT2D eigenvalue weighted by atomic mass is 10.4. The van der Waals surface area contributed by atoms with Gasteiger partial charge >= 0.3 is 0 Å². The molecular formula is C8H7IN2O. The number of imidazole rings is 1. The number of pyridine rings is 1. The zero-order valence-electron chi connectivity index (χ0n) is 6.49. The van der Waals surface area contributed by atoms with E-state index >= 15 is 0 Å². The largest absolute Gasteiger partial charge is 0.482 e. The van der Waals surface area contributed by atoms with Gasteiger partial charge in [-0.05, 0) is 28.7 Å². The second kappa shape index (κ2) is 2.93. The van der Waals surface area contributed by atoms with E-state index in [2.05, 4.69) is 27.6 Å². The summed E-state index contributed by atoms with van der Waals surface area (Å²) in [6, 6.07) is 3.97. The van der Waals surface area contributed by atoms with Crippen molar-refractivity contribution in [3.63, 3.8) is 0 Å². The van der Waals surface area contributed by atoms with Crippen molar-refractivity contribution in [2.45, 2.75) is 0 Å². The second-order valence-electron chi connectivity index (χ2n) is 2.37. The molecular weight excluding hydrogens is 267 g/mol. The molecule has 3 nitrogen and oxygen atoms in total. The molecule has 0 saturated carbocycles. The topological polar surface area (TPSA) is 26.5 Å². The minimum Gasteiger partial charge on any atom is -0.482 e. The maximum absolute atomic E-state index is 5.18. The molecule has 2 rings (SSSR count). The van der Waals surface area contributed by atoms with Gasteiger partial charge in [-0.2, -0.15) is 0 Å². The van der Waals surface area contributed by atoms with Crippen LogP contribution in [0.3, 0.4) is 0 Å². The Hall–Kier alpha value is -0.780. The van der Waals surface area contributed by atoms with E-state index in [1.165, 1.54) is 0 Å². The van der Waals surface area contributed by atoms with Crippen LogP contribution in [0.5, 0.6) is 5.88 Å². The molecule has 2 heterocycles. The van der Waals surface area contributed by atoms with Crippen LogP contribution >= 0.6 is 22.6 Å². The minimum absolute atomic E-state index is 0.814. The van der Waals surface area contributed by atoms with E-state index in [1.807, 2.05) is 22.7 Å². The molecule has 0 radical (unpaired) electrons. The average molecular weight is 274 g/mol. The quantitative estimate of drug-likeness (QED) is 0.743. The van der Waals surface area contributed by atoms with Crippen molar-refractivity contribution >= 4 is 28.2 Å². The molecule has 12 heavy (non-hydrogen) atoms. The number of halogens is 1. The van der Waals surface area contributed by atoms with Crippen molar-refractivity contribution in [1.29, 1.82) is 0 Å². The van der Waals surface area contributed by atoms with Gasteiger partial charge in [-0.3, -0.25) is 4.40 Å². The lowest BCUT2D eigenvalue weighted by Crippen LogP contribution is -1.93. The highest BCUT2D eigenvalue weighted by Gasteiger charge is 2.01. The number of aromatic nitrogens is 2. The van der Waals surface area contributed by atoms with Crippen LogP contribution in [0, 0.1) is 3.57 Å². The molecule has 2 aromatic rings. The third kappa shape index (κ3) is 1.16. The molecule has 0 unspecified atom stereocenters. The summed E-state index contributed by atoms with van der Waals surface area (Å²) in [5.41, 5.74) is 0.916. The Morgan fingerprint density at radius 1 is 1.50 bits per heavy atom. The predicted octanol–water partition coefficient (Wildman–Crippen LogP) is 1.95. The maximum Gasteiger partial charge on any atom is 0.200 e. The zero-order valence-corrected chi connectivity index (χ0v) is 8.65. The third-order valence-electron chi connectivity index (χ3n) is 1.64. The summed E-state index contributed by atoms with van der Waals surface area (Å²) in [7, 11) is 1.66. The first-order valence-electron chi connectivity index (χ1n) is 3.48. The van der Waals surface area contributed by atoms with E-state index in [9.17, 15) is 0 Å². The summed E-state index contributed by atoms with van der Waals surface area (Å²) in [4.78, 5) is 4.17. The molecule has 0 saturated heterocycles. The van der Waals surface area contributed by atoms with Crippen molar-refractivity contribution in [1.82, 2.24) is 9.38 Å². The molecule has 62 valence electrons. The van der Waals surface area contributed by atoms with Gasteiger partial charge in [-0.1, -0.05) is 0 Å². The molecule has 0 N–H and O–H groups in total. The molecule has 2 aromatic heterocycles. The average Bonchev–Trinajstić information content (AvgIpc) is 2.50. The van der Waals surface area contributed by atoms with Crippen LogP contribution in [0.2, 0.25) is 0 Å². The highest BCUT2D eigenvalue weighted by molar-refractivity contribution is 14.1. The van der Waals surface area contributed by atoms with Crippen molar-refractivity contribution < 1.29 is 4.74 Å². The Bertz CT molecular complexity index is 410. The fourth-order valence-corrected chi connectivity index (χ4v) is 1.66. The van der Waals surface area contributed by atoms with E-state index in [-0.39, 0.29) is 0 Å². The molecule has 4 heteroatoms. The standard InChI is InChI=1S/C8H7IN2O/c1-12-8-5-6(9)4-7-10-2-3-11(7)8/h2-5H,1H3. The number of ether oxygens (including phenoxy) is 1.